The summed E-state index contributed by atoms with van der Waals surface area (Å²) in [6.07, 6.45) is 4.94. The molecule has 1 aromatic carbocycles. The zero-order valence-electron chi connectivity index (χ0n) is 16.4. The molecule has 156 valence electrons. The van der Waals surface area contributed by atoms with Crippen molar-refractivity contribution in [3.63, 3.8) is 0 Å². The number of piperidine rings is 1. The van der Waals surface area contributed by atoms with Crippen LogP contribution in [0.15, 0.2) is 30.7 Å². The molecule has 0 unspecified atom stereocenters. The van der Waals surface area contributed by atoms with Crippen LogP contribution in [-0.4, -0.2) is 50.4 Å². The minimum absolute atomic E-state index is 0.0196. The van der Waals surface area contributed by atoms with Crippen molar-refractivity contribution in [2.24, 2.45) is 5.92 Å². The first-order chi connectivity index (χ1) is 14.5. The summed E-state index contributed by atoms with van der Waals surface area (Å²) in [5.41, 5.74) is 1.72. The Hall–Kier alpha value is -3.07. The Balaban J connectivity index is 1.47. The van der Waals surface area contributed by atoms with Crippen molar-refractivity contribution >= 4 is 46.0 Å². The van der Waals surface area contributed by atoms with E-state index in [1.165, 1.54) is 18.5 Å². The number of hydrogen-bond donors (Lipinski definition) is 2. The fourth-order valence-corrected chi connectivity index (χ4v) is 3.61. The summed E-state index contributed by atoms with van der Waals surface area (Å²) in [6, 6.07) is 4.34. The average molecular weight is 430 g/mol. The van der Waals surface area contributed by atoms with E-state index in [0.717, 1.165) is 32.5 Å². The van der Waals surface area contributed by atoms with Gasteiger partial charge in [0.15, 0.2) is 5.82 Å². The first-order valence-electron chi connectivity index (χ1n) is 9.69. The second-order valence-electron chi connectivity index (χ2n) is 7.23. The van der Waals surface area contributed by atoms with E-state index in [-0.39, 0.29) is 10.9 Å². The summed E-state index contributed by atoms with van der Waals surface area (Å²) in [4.78, 5) is 30.7. The van der Waals surface area contributed by atoms with Crippen LogP contribution < -0.4 is 10.6 Å². The maximum absolute atomic E-state index is 13.4. The molecule has 30 heavy (non-hydrogen) atoms. The van der Waals surface area contributed by atoms with Gasteiger partial charge in [-0.25, -0.2) is 24.3 Å². The van der Waals surface area contributed by atoms with Gasteiger partial charge in [0.05, 0.1) is 11.2 Å². The van der Waals surface area contributed by atoms with Crippen molar-refractivity contribution in [1.29, 1.82) is 0 Å². The monoisotopic (exact) mass is 429 g/mol. The molecular weight excluding hydrogens is 409 g/mol. The van der Waals surface area contributed by atoms with Gasteiger partial charge in [0.2, 0.25) is 11.9 Å². The van der Waals surface area contributed by atoms with Crippen LogP contribution in [-0.2, 0) is 4.79 Å². The normalized spacial score (nSPS) is 14.7. The van der Waals surface area contributed by atoms with Gasteiger partial charge in [-0.3, -0.25) is 4.79 Å². The Kier molecular flexibility index (Phi) is 5.89. The Morgan fingerprint density at radius 1 is 1.27 bits per heavy atom. The van der Waals surface area contributed by atoms with Crippen LogP contribution >= 0.6 is 11.6 Å². The smallest absolute Gasteiger partial charge is 0.223 e. The van der Waals surface area contributed by atoms with E-state index in [9.17, 15) is 9.18 Å². The van der Waals surface area contributed by atoms with Crippen LogP contribution in [0.2, 0.25) is 5.02 Å². The summed E-state index contributed by atoms with van der Waals surface area (Å²) in [6.45, 7) is 3.89. The summed E-state index contributed by atoms with van der Waals surface area (Å²) in [7, 11) is 0. The van der Waals surface area contributed by atoms with E-state index in [2.05, 4.69) is 30.6 Å². The molecule has 8 nitrogen and oxygen atoms in total. The average Bonchev–Trinajstić information content (AvgIpc) is 2.75. The number of halogens is 2. The van der Waals surface area contributed by atoms with E-state index in [1.54, 1.807) is 19.2 Å². The molecule has 4 rings (SSSR count). The standard InChI is InChI=1S/C20H21ClFN7O/c1-12(30)29-6-4-13(5-7-29)9-23-20-24-10-17-18(28-20)19(26-11-25-17)27-14-2-3-16(22)15(21)8-14/h2-3,8,10-11,13H,4-7,9H2,1H3,(H,23,24,28)(H,25,26,27). The highest BCUT2D eigenvalue weighted by molar-refractivity contribution is 6.31. The summed E-state index contributed by atoms with van der Waals surface area (Å²) in [5.74, 6) is 1.04. The Labute approximate surface area is 177 Å². The van der Waals surface area contributed by atoms with Crippen LogP contribution in [0.5, 0.6) is 0 Å². The maximum atomic E-state index is 13.4. The van der Waals surface area contributed by atoms with E-state index >= 15 is 0 Å². The molecule has 0 atom stereocenters. The second kappa shape index (κ2) is 8.74. The molecule has 2 aromatic heterocycles. The lowest BCUT2D eigenvalue weighted by Crippen LogP contribution is -2.38. The zero-order chi connectivity index (χ0) is 21.1. The number of aromatic nitrogens is 4. The minimum atomic E-state index is -0.488. The van der Waals surface area contributed by atoms with Crippen LogP contribution in [0.25, 0.3) is 11.0 Å². The topological polar surface area (TPSA) is 95.9 Å². The van der Waals surface area contributed by atoms with E-state index in [1.807, 2.05) is 4.90 Å². The molecule has 1 aliphatic rings. The molecule has 0 saturated carbocycles. The molecule has 1 fully saturated rings. The van der Waals surface area contributed by atoms with Gasteiger partial charge in [-0.2, -0.15) is 0 Å². The molecule has 3 heterocycles. The van der Waals surface area contributed by atoms with E-state index < -0.39 is 5.82 Å². The van der Waals surface area contributed by atoms with Crippen molar-refractivity contribution in [2.75, 3.05) is 30.3 Å². The molecule has 0 bridgehead atoms. The van der Waals surface area contributed by atoms with Gasteiger partial charge in [-0.05, 0) is 37.0 Å². The highest BCUT2D eigenvalue weighted by Gasteiger charge is 2.20. The molecule has 2 N–H and O–H groups in total. The van der Waals surface area contributed by atoms with E-state index in [4.69, 9.17) is 11.6 Å². The number of hydrogen-bond acceptors (Lipinski definition) is 7. The molecular formula is C20H21ClFN7O. The van der Waals surface area contributed by atoms with Gasteiger partial charge in [0, 0.05) is 32.2 Å². The number of nitrogens with zero attached hydrogens (tertiary/aromatic N) is 5. The molecule has 0 aliphatic carbocycles. The second-order valence-corrected chi connectivity index (χ2v) is 7.64. The van der Waals surface area contributed by atoms with Crippen molar-refractivity contribution in [3.8, 4) is 0 Å². The van der Waals surface area contributed by atoms with Crippen LogP contribution in [0.1, 0.15) is 19.8 Å². The van der Waals surface area contributed by atoms with E-state index in [0.29, 0.717) is 34.4 Å². The number of amides is 1. The maximum Gasteiger partial charge on any atom is 0.223 e. The Morgan fingerprint density at radius 2 is 2.07 bits per heavy atom. The number of anilines is 3. The zero-order valence-corrected chi connectivity index (χ0v) is 17.2. The number of rotatable bonds is 5. The third kappa shape index (κ3) is 4.56. The van der Waals surface area contributed by atoms with Gasteiger partial charge < -0.3 is 15.5 Å². The van der Waals surface area contributed by atoms with Crippen LogP contribution in [0, 0.1) is 11.7 Å². The van der Waals surface area contributed by atoms with Crippen LogP contribution in [0.4, 0.5) is 21.8 Å². The quantitative estimate of drug-likeness (QED) is 0.639. The summed E-state index contributed by atoms with van der Waals surface area (Å²) < 4.78 is 13.4. The van der Waals surface area contributed by atoms with Gasteiger partial charge in [0.25, 0.3) is 0 Å². The third-order valence-corrected chi connectivity index (χ3v) is 5.46. The third-order valence-electron chi connectivity index (χ3n) is 5.17. The number of carbonyl (C=O) groups excluding carboxylic acids is 1. The molecule has 1 amide bonds. The fraction of sp³-hybridized carbons (Fsp3) is 0.350. The minimum Gasteiger partial charge on any atom is -0.354 e. The first-order valence-corrected chi connectivity index (χ1v) is 10.1. The highest BCUT2D eigenvalue weighted by atomic mass is 35.5. The molecule has 0 radical (unpaired) electrons. The van der Waals surface area contributed by atoms with Gasteiger partial charge in [-0.1, -0.05) is 11.6 Å². The van der Waals surface area contributed by atoms with Crippen molar-refractivity contribution in [2.45, 2.75) is 19.8 Å². The van der Waals surface area contributed by atoms with Crippen LogP contribution in [0.3, 0.4) is 0 Å². The number of likely N-dealkylation sites (tertiary alicyclic amines) is 1. The van der Waals surface area contributed by atoms with Crippen molar-refractivity contribution in [3.05, 3.63) is 41.6 Å². The van der Waals surface area contributed by atoms with Gasteiger partial charge in [0.1, 0.15) is 23.2 Å². The fourth-order valence-electron chi connectivity index (χ4n) is 3.43. The summed E-state index contributed by atoms with van der Waals surface area (Å²) >= 11 is 5.86. The Bertz CT molecular complexity index is 1070. The predicted octanol–water partition coefficient (Wildman–Crippen LogP) is 3.63. The predicted molar refractivity (Wildman–Crippen MR) is 113 cm³/mol. The molecule has 10 heteroatoms. The molecule has 0 spiro atoms. The van der Waals surface area contributed by atoms with Crippen molar-refractivity contribution < 1.29 is 9.18 Å². The molecule has 1 saturated heterocycles. The number of nitrogens with one attached hydrogen (secondary N) is 2. The lowest BCUT2D eigenvalue weighted by atomic mass is 9.97. The molecule has 1 aliphatic heterocycles. The Morgan fingerprint density at radius 3 is 2.80 bits per heavy atom. The first kappa shape index (κ1) is 20.2. The van der Waals surface area contributed by atoms with Gasteiger partial charge >= 0.3 is 0 Å². The molecule has 3 aromatic rings. The lowest BCUT2D eigenvalue weighted by molar-refractivity contribution is -0.130. The lowest BCUT2D eigenvalue weighted by Gasteiger charge is -2.31. The SMILES string of the molecule is CC(=O)N1CCC(CNc2ncc3ncnc(Nc4ccc(F)c(Cl)c4)c3n2)CC1. The highest BCUT2D eigenvalue weighted by Crippen LogP contribution is 2.25. The van der Waals surface area contributed by atoms with Crippen molar-refractivity contribution in [1.82, 2.24) is 24.8 Å². The van der Waals surface area contributed by atoms with Gasteiger partial charge in [-0.15, -0.1) is 0 Å². The largest absolute Gasteiger partial charge is 0.354 e. The number of fused-ring (bicyclic) bond motifs is 1. The number of benzene rings is 1. The number of carbonyl (C=O) groups is 1. The summed E-state index contributed by atoms with van der Waals surface area (Å²) in [5, 5.41) is 6.40.